The Bertz CT molecular complexity index is 345. The monoisotopic (exact) mass is 234 g/mol. The minimum absolute atomic E-state index is 0.177. The molecule has 1 aromatic rings. The zero-order valence-corrected chi connectivity index (χ0v) is 10.7. The first-order valence-electron chi connectivity index (χ1n) is 6.28. The lowest BCUT2D eigenvalue weighted by molar-refractivity contribution is -0.0327. The van der Waals surface area contributed by atoms with Crippen LogP contribution in [0.25, 0.3) is 0 Å². The minimum Gasteiger partial charge on any atom is -0.389 e. The average molecular weight is 234 g/mol. The maximum atomic E-state index is 10.2. The van der Waals surface area contributed by atoms with Gasteiger partial charge in [0.25, 0.3) is 0 Å². The van der Waals surface area contributed by atoms with Crippen LogP contribution in [0, 0.1) is 0 Å². The van der Waals surface area contributed by atoms with Crippen LogP contribution in [0.3, 0.4) is 0 Å². The second-order valence-electron chi connectivity index (χ2n) is 5.33. The molecule has 0 amide bonds. The highest BCUT2D eigenvalue weighted by molar-refractivity contribution is 5.15. The Balaban J connectivity index is 2.07. The Hall–Kier alpha value is -0.900. The van der Waals surface area contributed by atoms with Gasteiger partial charge in [-0.25, -0.2) is 0 Å². The summed E-state index contributed by atoms with van der Waals surface area (Å²) in [6.07, 6.45) is 0. The number of hydrogen-bond donors (Lipinski definition) is 2. The van der Waals surface area contributed by atoms with Crippen molar-refractivity contribution in [3.05, 3.63) is 35.9 Å². The van der Waals surface area contributed by atoms with Crippen LogP contribution in [0.4, 0.5) is 0 Å². The summed E-state index contributed by atoms with van der Waals surface area (Å²) in [6.45, 7) is 7.54. The Morgan fingerprint density at radius 3 is 2.71 bits per heavy atom. The van der Waals surface area contributed by atoms with Crippen molar-refractivity contribution in [1.82, 2.24) is 10.2 Å². The Labute approximate surface area is 103 Å². The molecule has 1 atom stereocenters. The van der Waals surface area contributed by atoms with Crippen LogP contribution in [0.2, 0.25) is 0 Å². The molecule has 0 bridgehead atoms. The summed E-state index contributed by atoms with van der Waals surface area (Å²) in [7, 11) is 0. The summed E-state index contributed by atoms with van der Waals surface area (Å²) in [6, 6.07) is 10.6. The number of hydrogen-bond acceptors (Lipinski definition) is 3. The first kappa shape index (κ1) is 12.6. The molecule has 3 heteroatoms. The van der Waals surface area contributed by atoms with Gasteiger partial charge in [0, 0.05) is 26.2 Å². The van der Waals surface area contributed by atoms with Crippen LogP contribution in [-0.2, 0) is 6.54 Å². The van der Waals surface area contributed by atoms with E-state index in [9.17, 15) is 5.11 Å². The molecule has 0 radical (unpaired) electrons. The maximum Gasteiger partial charge on any atom is 0.0758 e. The molecule has 1 aliphatic heterocycles. The van der Waals surface area contributed by atoms with Gasteiger partial charge < -0.3 is 10.4 Å². The highest BCUT2D eigenvalue weighted by Crippen LogP contribution is 2.19. The minimum atomic E-state index is -0.664. The number of benzene rings is 1. The third-order valence-electron chi connectivity index (χ3n) is 3.40. The Kier molecular flexibility index (Phi) is 3.82. The molecule has 0 aromatic heterocycles. The smallest absolute Gasteiger partial charge is 0.0758 e. The van der Waals surface area contributed by atoms with Gasteiger partial charge >= 0.3 is 0 Å². The molecule has 0 spiro atoms. The van der Waals surface area contributed by atoms with E-state index < -0.39 is 5.60 Å². The summed E-state index contributed by atoms with van der Waals surface area (Å²) in [4.78, 5) is 2.37. The maximum absolute atomic E-state index is 10.2. The summed E-state index contributed by atoms with van der Waals surface area (Å²) < 4.78 is 0. The van der Waals surface area contributed by atoms with Crippen LogP contribution in [0.1, 0.15) is 19.4 Å². The fourth-order valence-electron chi connectivity index (χ4n) is 2.45. The molecule has 1 saturated heterocycles. The number of rotatable bonds is 3. The first-order valence-corrected chi connectivity index (χ1v) is 6.28. The van der Waals surface area contributed by atoms with Crippen molar-refractivity contribution >= 4 is 0 Å². The van der Waals surface area contributed by atoms with E-state index in [1.165, 1.54) is 5.56 Å². The summed E-state index contributed by atoms with van der Waals surface area (Å²) in [5, 5.41) is 13.6. The predicted octanol–water partition coefficient (Wildman–Crippen LogP) is 1.23. The third-order valence-corrected chi connectivity index (χ3v) is 3.40. The van der Waals surface area contributed by atoms with Gasteiger partial charge in [0.2, 0.25) is 0 Å². The zero-order valence-electron chi connectivity index (χ0n) is 10.7. The van der Waals surface area contributed by atoms with Crippen LogP contribution < -0.4 is 5.32 Å². The highest BCUT2D eigenvalue weighted by atomic mass is 16.3. The summed E-state index contributed by atoms with van der Waals surface area (Å²) in [5.74, 6) is 0. The molecule has 0 saturated carbocycles. The number of piperazine rings is 1. The second kappa shape index (κ2) is 5.17. The zero-order chi connectivity index (χ0) is 12.3. The van der Waals surface area contributed by atoms with Gasteiger partial charge in [0.1, 0.15) is 0 Å². The van der Waals surface area contributed by atoms with Crippen molar-refractivity contribution in [3.8, 4) is 0 Å². The van der Waals surface area contributed by atoms with E-state index in [1.54, 1.807) is 0 Å². The van der Waals surface area contributed by atoms with E-state index >= 15 is 0 Å². The Morgan fingerprint density at radius 2 is 2.06 bits per heavy atom. The molecule has 2 rings (SSSR count). The lowest BCUT2D eigenvalue weighted by atomic mass is 9.95. The quantitative estimate of drug-likeness (QED) is 0.826. The highest BCUT2D eigenvalue weighted by Gasteiger charge is 2.33. The molecule has 0 aliphatic carbocycles. The van der Waals surface area contributed by atoms with Crippen molar-refractivity contribution in [2.45, 2.75) is 32.0 Å². The van der Waals surface area contributed by atoms with Crippen molar-refractivity contribution in [1.29, 1.82) is 0 Å². The first-order chi connectivity index (χ1) is 8.07. The number of aliphatic hydroxyl groups is 1. The van der Waals surface area contributed by atoms with Crippen molar-refractivity contribution in [2.24, 2.45) is 0 Å². The van der Waals surface area contributed by atoms with Crippen LogP contribution in [-0.4, -0.2) is 41.3 Å². The fraction of sp³-hybridized carbons (Fsp3) is 0.571. The third kappa shape index (κ3) is 3.28. The molecule has 94 valence electrons. The molecule has 17 heavy (non-hydrogen) atoms. The largest absolute Gasteiger partial charge is 0.389 e. The fourth-order valence-corrected chi connectivity index (χ4v) is 2.45. The second-order valence-corrected chi connectivity index (χ2v) is 5.33. The number of nitrogens with zero attached hydrogens (tertiary/aromatic N) is 1. The van der Waals surface area contributed by atoms with E-state index in [4.69, 9.17) is 0 Å². The number of nitrogens with one attached hydrogen (secondary N) is 1. The van der Waals surface area contributed by atoms with Crippen LogP contribution >= 0.6 is 0 Å². The molecule has 1 fully saturated rings. The van der Waals surface area contributed by atoms with Gasteiger partial charge in [0.15, 0.2) is 0 Å². The van der Waals surface area contributed by atoms with Gasteiger partial charge in [-0.1, -0.05) is 30.3 Å². The van der Waals surface area contributed by atoms with Crippen molar-refractivity contribution < 1.29 is 5.11 Å². The van der Waals surface area contributed by atoms with E-state index in [2.05, 4.69) is 34.5 Å². The lowest BCUT2D eigenvalue weighted by Crippen LogP contribution is -2.59. The van der Waals surface area contributed by atoms with E-state index in [1.807, 2.05) is 19.9 Å². The molecule has 1 heterocycles. The molecule has 1 aliphatic rings. The van der Waals surface area contributed by atoms with E-state index in [-0.39, 0.29) is 6.04 Å². The molecular weight excluding hydrogens is 212 g/mol. The van der Waals surface area contributed by atoms with Crippen molar-refractivity contribution in [2.75, 3.05) is 19.6 Å². The van der Waals surface area contributed by atoms with Gasteiger partial charge in [-0.15, -0.1) is 0 Å². The van der Waals surface area contributed by atoms with Crippen LogP contribution in [0.15, 0.2) is 30.3 Å². The Morgan fingerprint density at radius 1 is 1.35 bits per heavy atom. The molecular formula is C14H22N2O. The van der Waals surface area contributed by atoms with Crippen molar-refractivity contribution in [3.63, 3.8) is 0 Å². The lowest BCUT2D eigenvalue weighted by Gasteiger charge is -2.42. The summed E-state index contributed by atoms with van der Waals surface area (Å²) >= 11 is 0. The SMILES string of the molecule is CC(C)(O)C1CNCCN1Cc1ccccc1. The van der Waals surface area contributed by atoms with E-state index in [0.29, 0.717) is 0 Å². The molecule has 1 aromatic carbocycles. The van der Waals surface area contributed by atoms with Gasteiger partial charge in [-0.05, 0) is 19.4 Å². The van der Waals surface area contributed by atoms with Gasteiger partial charge in [-0.3, -0.25) is 4.90 Å². The van der Waals surface area contributed by atoms with Gasteiger partial charge in [-0.2, -0.15) is 0 Å². The summed E-state index contributed by atoms with van der Waals surface area (Å²) in [5.41, 5.74) is 0.644. The van der Waals surface area contributed by atoms with E-state index in [0.717, 1.165) is 26.2 Å². The predicted molar refractivity (Wildman–Crippen MR) is 69.8 cm³/mol. The molecule has 2 N–H and O–H groups in total. The normalized spacial score (nSPS) is 22.6. The molecule has 3 nitrogen and oxygen atoms in total. The van der Waals surface area contributed by atoms with Gasteiger partial charge in [0.05, 0.1) is 11.6 Å². The standard InChI is InChI=1S/C14H22N2O/c1-14(2,17)13-10-15-8-9-16(13)11-12-6-4-3-5-7-12/h3-7,13,15,17H,8-11H2,1-2H3. The van der Waals surface area contributed by atoms with Crippen LogP contribution in [0.5, 0.6) is 0 Å². The average Bonchev–Trinajstić information content (AvgIpc) is 2.30. The topological polar surface area (TPSA) is 35.5 Å². The molecule has 1 unspecified atom stereocenters.